The van der Waals surface area contributed by atoms with Gasteiger partial charge < -0.3 is 14.2 Å². The molecule has 3 nitrogen and oxygen atoms in total. The van der Waals surface area contributed by atoms with E-state index in [0.29, 0.717) is 6.61 Å². The standard InChI is InChI=1S/C12H14Br2O3/c13-9-3-1-4-10(14)12(9)17-8-5-11-15-6-2-7-16-11/h1,3-4,11H,2,5-8H2. The smallest absolute Gasteiger partial charge is 0.160 e. The van der Waals surface area contributed by atoms with E-state index in [9.17, 15) is 0 Å². The summed E-state index contributed by atoms with van der Waals surface area (Å²) in [6.45, 7) is 2.14. The predicted molar refractivity (Wildman–Crippen MR) is 72.3 cm³/mol. The Hall–Kier alpha value is -0.100. The zero-order valence-corrected chi connectivity index (χ0v) is 12.5. The first-order chi connectivity index (χ1) is 8.27. The Morgan fingerprint density at radius 3 is 2.47 bits per heavy atom. The Kier molecular flexibility index (Phi) is 5.28. The summed E-state index contributed by atoms with van der Waals surface area (Å²) in [6.07, 6.45) is 1.60. The van der Waals surface area contributed by atoms with Crippen LogP contribution < -0.4 is 4.74 Å². The molecule has 0 radical (unpaired) electrons. The summed E-state index contributed by atoms with van der Waals surface area (Å²) in [4.78, 5) is 0. The monoisotopic (exact) mass is 364 g/mol. The highest BCUT2D eigenvalue weighted by Gasteiger charge is 2.14. The van der Waals surface area contributed by atoms with Crippen molar-refractivity contribution in [2.45, 2.75) is 19.1 Å². The fourth-order valence-corrected chi connectivity index (χ4v) is 2.81. The number of hydrogen-bond acceptors (Lipinski definition) is 3. The van der Waals surface area contributed by atoms with Crippen molar-refractivity contribution in [3.05, 3.63) is 27.1 Å². The third kappa shape index (κ3) is 3.95. The van der Waals surface area contributed by atoms with Gasteiger partial charge in [0.05, 0.1) is 28.8 Å². The fourth-order valence-electron chi connectivity index (χ4n) is 1.58. The minimum atomic E-state index is -0.120. The summed E-state index contributed by atoms with van der Waals surface area (Å²) in [5.41, 5.74) is 0. The van der Waals surface area contributed by atoms with Gasteiger partial charge in [0.25, 0.3) is 0 Å². The average molecular weight is 366 g/mol. The van der Waals surface area contributed by atoms with Gasteiger partial charge in [0.2, 0.25) is 0 Å². The average Bonchev–Trinajstić information content (AvgIpc) is 2.34. The van der Waals surface area contributed by atoms with Gasteiger partial charge in [-0.05, 0) is 50.4 Å². The van der Waals surface area contributed by atoms with Crippen molar-refractivity contribution < 1.29 is 14.2 Å². The van der Waals surface area contributed by atoms with E-state index in [1.807, 2.05) is 18.2 Å². The molecule has 0 N–H and O–H groups in total. The lowest BCUT2D eigenvalue weighted by Crippen LogP contribution is -2.26. The van der Waals surface area contributed by atoms with Crippen LogP contribution in [0.2, 0.25) is 0 Å². The van der Waals surface area contributed by atoms with Crippen LogP contribution in [0.5, 0.6) is 5.75 Å². The van der Waals surface area contributed by atoms with Gasteiger partial charge in [-0.15, -0.1) is 0 Å². The van der Waals surface area contributed by atoms with E-state index in [1.165, 1.54) is 0 Å². The molecule has 0 aliphatic carbocycles. The number of benzene rings is 1. The van der Waals surface area contributed by atoms with Gasteiger partial charge in [-0.1, -0.05) is 6.07 Å². The summed E-state index contributed by atoms with van der Waals surface area (Å²) >= 11 is 6.91. The Morgan fingerprint density at radius 2 is 1.82 bits per heavy atom. The van der Waals surface area contributed by atoms with Crippen LogP contribution in [-0.4, -0.2) is 26.1 Å². The molecule has 1 heterocycles. The lowest BCUT2D eigenvalue weighted by Gasteiger charge is -2.23. The second-order valence-corrected chi connectivity index (χ2v) is 5.42. The molecule has 94 valence electrons. The fraction of sp³-hybridized carbons (Fsp3) is 0.500. The van der Waals surface area contributed by atoms with Crippen LogP contribution >= 0.6 is 31.9 Å². The van der Waals surface area contributed by atoms with Crippen molar-refractivity contribution in [2.75, 3.05) is 19.8 Å². The second-order valence-electron chi connectivity index (χ2n) is 3.71. The van der Waals surface area contributed by atoms with E-state index < -0.39 is 0 Å². The van der Waals surface area contributed by atoms with Crippen LogP contribution in [0.4, 0.5) is 0 Å². The van der Waals surface area contributed by atoms with E-state index in [4.69, 9.17) is 14.2 Å². The Labute approximate surface area is 118 Å². The van der Waals surface area contributed by atoms with Gasteiger partial charge in [0.15, 0.2) is 6.29 Å². The van der Waals surface area contributed by atoms with E-state index in [1.54, 1.807) is 0 Å². The predicted octanol–water partition coefficient (Wildman–Crippen LogP) is 3.74. The minimum Gasteiger partial charge on any atom is -0.491 e. The van der Waals surface area contributed by atoms with Crippen molar-refractivity contribution in [3.8, 4) is 5.75 Å². The van der Waals surface area contributed by atoms with Crippen LogP contribution in [0.3, 0.4) is 0 Å². The molecule has 0 aromatic heterocycles. The number of rotatable bonds is 4. The number of ether oxygens (including phenoxy) is 3. The molecule has 0 unspecified atom stereocenters. The molecule has 1 fully saturated rings. The highest BCUT2D eigenvalue weighted by molar-refractivity contribution is 9.11. The van der Waals surface area contributed by atoms with Gasteiger partial charge in [-0.25, -0.2) is 0 Å². The molecule has 0 saturated carbocycles. The third-order valence-corrected chi connectivity index (χ3v) is 3.66. The zero-order chi connectivity index (χ0) is 12.1. The second kappa shape index (κ2) is 6.73. The number of halogens is 2. The molecule has 1 aromatic carbocycles. The lowest BCUT2D eigenvalue weighted by molar-refractivity contribution is -0.183. The van der Waals surface area contributed by atoms with Crippen LogP contribution in [-0.2, 0) is 9.47 Å². The molecular formula is C12H14Br2O3. The lowest BCUT2D eigenvalue weighted by atomic mass is 10.3. The molecule has 1 saturated heterocycles. The maximum absolute atomic E-state index is 5.72. The highest BCUT2D eigenvalue weighted by Crippen LogP contribution is 2.33. The minimum absolute atomic E-state index is 0.120. The van der Waals surface area contributed by atoms with Crippen LogP contribution in [0.15, 0.2) is 27.1 Å². The van der Waals surface area contributed by atoms with Crippen molar-refractivity contribution in [3.63, 3.8) is 0 Å². The Morgan fingerprint density at radius 1 is 1.18 bits per heavy atom. The maximum atomic E-state index is 5.72. The van der Waals surface area contributed by atoms with E-state index in [2.05, 4.69) is 31.9 Å². The zero-order valence-electron chi connectivity index (χ0n) is 9.33. The van der Waals surface area contributed by atoms with Crippen molar-refractivity contribution in [1.29, 1.82) is 0 Å². The van der Waals surface area contributed by atoms with Crippen LogP contribution in [0.1, 0.15) is 12.8 Å². The maximum Gasteiger partial charge on any atom is 0.160 e. The van der Waals surface area contributed by atoms with E-state index in [-0.39, 0.29) is 6.29 Å². The molecule has 0 spiro atoms. The van der Waals surface area contributed by atoms with Crippen LogP contribution in [0.25, 0.3) is 0 Å². The highest BCUT2D eigenvalue weighted by atomic mass is 79.9. The van der Waals surface area contributed by atoms with Gasteiger partial charge in [0.1, 0.15) is 5.75 Å². The first-order valence-corrected chi connectivity index (χ1v) is 7.16. The van der Waals surface area contributed by atoms with Crippen molar-refractivity contribution >= 4 is 31.9 Å². The van der Waals surface area contributed by atoms with Gasteiger partial charge in [-0.3, -0.25) is 0 Å². The number of hydrogen-bond donors (Lipinski definition) is 0. The normalized spacial score (nSPS) is 17.1. The summed E-state index contributed by atoms with van der Waals surface area (Å²) < 4.78 is 18.5. The molecule has 17 heavy (non-hydrogen) atoms. The van der Waals surface area contributed by atoms with Crippen molar-refractivity contribution in [1.82, 2.24) is 0 Å². The molecule has 0 amide bonds. The summed E-state index contributed by atoms with van der Waals surface area (Å²) in [5.74, 6) is 0.823. The summed E-state index contributed by atoms with van der Waals surface area (Å²) in [7, 11) is 0. The molecule has 1 aliphatic rings. The van der Waals surface area contributed by atoms with E-state index >= 15 is 0 Å². The summed E-state index contributed by atoms with van der Waals surface area (Å²) in [6, 6.07) is 5.86. The first-order valence-electron chi connectivity index (χ1n) is 5.57. The van der Waals surface area contributed by atoms with Gasteiger partial charge >= 0.3 is 0 Å². The first kappa shape index (κ1) is 13.3. The molecule has 0 atom stereocenters. The molecule has 1 aromatic rings. The topological polar surface area (TPSA) is 27.7 Å². The molecule has 0 bridgehead atoms. The summed E-state index contributed by atoms with van der Waals surface area (Å²) in [5, 5.41) is 0. The third-order valence-electron chi connectivity index (χ3n) is 2.42. The number of para-hydroxylation sites is 1. The van der Waals surface area contributed by atoms with Crippen molar-refractivity contribution in [2.24, 2.45) is 0 Å². The molecule has 5 heteroatoms. The van der Waals surface area contributed by atoms with Gasteiger partial charge in [0, 0.05) is 6.42 Å². The molecule has 1 aliphatic heterocycles. The Bertz CT molecular complexity index is 345. The largest absolute Gasteiger partial charge is 0.491 e. The Balaban J connectivity index is 1.81. The molecular weight excluding hydrogens is 352 g/mol. The van der Waals surface area contributed by atoms with E-state index in [0.717, 1.165) is 40.8 Å². The van der Waals surface area contributed by atoms with Gasteiger partial charge in [-0.2, -0.15) is 0 Å². The SMILES string of the molecule is Brc1cccc(Br)c1OCCC1OCCCO1. The molecule has 2 rings (SSSR count). The quantitative estimate of drug-likeness (QED) is 0.813. The van der Waals surface area contributed by atoms with Crippen LogP contribution in [0, 0.1) is 0 Å².